The quantitative estimate of drug-likeness (QED) is 0.632. The van der Waals surface area contributed by atoms with Gasteiger partial charge in [0.1, 0.15) is 22.8 Å². The molecule has 0 radical (unpaired) electrons. The van der Waals surface area contributed by atoms with Crippen LogP contribution in [0.1, 0.15) is 11.3 Å². The molecule has 0 spiro atoms. The van der Waals surface area contributed by atoms with Crippen LogP contribution in [0.15, 0.2) is 40.6 Å². The van der Waals surface area contributed by atoms with Crippen molar-refractivity contribution >= 4 is 33.2 Å². The standard InChI is InChI=1S/C18H19F2N3O5S2/c19-12-4-5-14(20)15(9-12)30(26,27)23-6-2-7-28-16(23)11-22-18(25)17(24)21-10-13-3-1-8-29-13/h1,3-5,8-9,16H,2,6-7,10-11H2,(H,21,24)(H,22,25)/t16-/m1/s1. The molecule has 0 unspecified atom stereocenters. The average Bonchev–Trinajstić information content (AvgIpc) is 3.25. The predicted octanol–water partition coefficient (Wildman–Crippen LogP) is 1.20. The van der Waals surface area contributed by atoms with Gasteiger partial charge in [-0.25, -0.2) is 17.2 Å². The van der Waals surface area contributed by atoms with Crippen molar-refractivity contribution in [3.05, 3.63) is 52.2 Å². The van der Waals surface area contributed by atoms with Crippen molar-refractivity contribution in [3.8, 4) is 0 Å². The summed E-state index contributed by atoms with van der Waals surface area (Å²) in [6.45, 7) is 0.0524. The lowest BCUT2D eigenvalue weighted by atomic mass is 10.3. The van der Waals surface area contributed by atoms with Gasteiger partial charge in [-0.3, -0.25) is 9.59 Å². The van der Waals surface area contributed by atoms with E-state index in [0.717, 1.165) is 21.3 Å². The molecule has 1 atom stereocenters. The Kier molecular flexibility index (Phi) is 7.13. The Bertz CT molecular complexity index is 1010. The number of hydrogen-bond donors (Lipinski definition) is 2. The van der Waals surface area contributed by atoms with Crippen molar-refractivity contribution in [2.45, 2.75) is 24.1 Å². The average molecular weight is 459 g/mol. The molecule has 1 aliphatic heterocycles. The van der Waals surface area contributed by atoms with Gasteiger partial charge in [-0.1, -0.05) is 6.07 Å². The van der Waals surface area contributed by atoms with Gasteiger partial charge in [0, 0.05) is 11.4 Å². The van der Waals surface area contributed by atoms with E-state index in [0.29, 0.717) is 12.5 Å². The molecule has 1 aromatic carbocycles. The Balaban J connectivity index is 1.64. The van der Waals surface area contributed by atoms with Gasteiger partial charge in [-0.2, -0.15) is 4.31 Å². The predicted molar refractivity (Wildman–Crippen MR) is 104 cm³/mol. The summed E-state index contributed by atoms with van der Waals surface area (Å²) in [6.07, 6.45) is -0.831. The highest BCUT2D eigenvalue weighted by atomic mass is 32.2. The first-order valence-electron chi connectivity index (χ1n) is 8.96. The molecule has 8 nitrogen and oxygen atoms in total. The first kappa shape index (κ1) is 22.3. The molecule has 0 aliphatic carbocycles. The van der Waals surface area contributed by atoms with Crippen molar-refractivity contribution in [2.24, 2.45) is 0 Å². The highest BCUT2D eigenvalue weighted by molar-refractivity contribution is 7.89. The normalized spacial score (nSPS) is 17.5. The molecular formula is C18H19F2N3O5S2. The molecular weight excluding hydrogens is 440 g/mol. The molecule has 1 aromatic heterocycles. The number of nitrogens with zero attached hydrogens (tertiary/aromatic N) is 1. The summed E-state index contributed by atoms with van der Waals surface area (Å²) in [5, 5.41) is 6.60. The molecule has 2 aromatic rings. The number of rotatable bonds is 6. The number of sulfonamides is 1. The van der Waals surface area contributed by atoms with Crippen LogP contribution in [0.5, 0.6) is 0 Å². The third kappa shape index (κ3) is 5.19. The van der Waals surface area contributed by atoms with Gasteiger partial charge in [0.05, 0.1) is 19.7 Å². The van der Waals surface area contributed by atoms with Crippen molar-refractivity contribution < 1.29 is 31.5 Å². The van der Waals surface area contributed by atoms with E-state index in [1.807, 2.05) is 11.4 Å². The van der Waals surface area contributed by atoms with Crippen LogP contribution in [-0.2, 0) is 30.9 Å². The molecule has 12 heteroatoms. The summed E-state index contributed by atoms with van der Waals surface area (Å²) in [6, 6.07) is 5.73. The minimum absolute atomic E-state index is 0.0105. The maximum atomic E-state index is 14.0. The van der Waals surface area contributed by atoms with E-state index < -0.39 is 44.6 Å². The molecule has 1 saturated heterocycles. The number of carbonyl (C=O) groups is 2. The minimum Gasteiger partial charge on any atom is -0.360 e. The molecule has 1 aliphatic rings. The fourth-order valence-corrected chi connectivity index (χ4v) is 5.11. The first-order chi connectivity index (χ1) is 14.3. The van der Waals surface area contributed by atoms with Crippen molar-refractivity contribution in [1.29, 1.82) is 0 Å². The van der Waals surface area contributed by atoms with Crippen molar-refractivity contribution in [1.82, 2.24) is 14.9 Å². The number of ether oxygens (including phenoxy) is 1. The van der Waals surface area contributed by atoms with Crippen LogP contribution in [0.2, 0.25) is 0 Å². The highest BCUT2D eigenvalue weighted by Gasteiger charge is 2.36. The summed E-state index contributed by atoms with van der Waals surface area (Å²) in [5.74, 6) is -3.85. The lowest BCUT2D eigenvalue weighted by Crippen LogP contribution is -2.53. The zero-order valence-electron chi connectivity index (χ0n) is 15.6. The van der Waals surface area contributed by atoms with Gasteiger partial charge in [0.2, 0.25) is 10.0 Å². The Morgan fingerprint density at radius 1 is 1.20 bits per heavy atom. The Hall–Kier alpha value is -2.41. The number of carbonyl (C=O) groups excluding carboxylic acids is 2. The molecule has 3 rings (SSSR count). The van der Waals surface area contributed by atoms with Crippen LogP contribution >= 0.6 is 11.3 Å². The molecule has 1 fully saturated rings. The highest BCUT2D eigenvalue weighted by Crippen LogP contribution is 2.24. The van der Waals surface area contributed by atoms with E-state index in [2.05, 4.69) is 10.6 Å². The Labute approximate surface area is 175 Å². The smallest absolute Gasteiger partial charge is 0.309 e. The fraction of sp³-hybridized carbons (Fsp3) is 0.333. The largest absolute Gasteiger partial charge is 0.360 e. The van der Waals surface area contributed by atoms with E-state index in [4.69, 9.17) is 4.74 Å². The van der Waals surface area contributed by atoms with Crippen LogP contribution in [0.25, 0.3) is 0 Å². The summed E-state index contributed by atoms with van der Waals surface area (Å²) >= 11 is 1.42. The van der Waals surface area contributed by atoms with E-state index in [-0.39, 0.29) is 26.2 Å². The SMILES string of the molecule is O=C(NCc1cccs1)C(=O)NC[C@H]1OCCCN1S(=O)(=O)c1cc(F)ccc1F. The molecule has 2 amide bonds. The van der Waals surface area contributed by atoms with Crippen LogP contribution in [-0.4, -0.2) is 50.5 Å². The summed E-state index contributed by atoms with van der Waals surface area (Å²) in [4.78, 5) is 24.0. The lowest BCUT2D eigenvalue weighted by molar-refractivity contribution is -0.140. The van der Waals surface area contributed by atoms with Crippen LogP contribution in [0, 0.1) is 11.6 Å². The number of halogens is 2. The zero-order valence-corrected chi connectivity index (χ0v) is 17.3. The van der Waals surface area contributed by atoms with E-state index in [9.17, 15) is 26.8 Å². The Morgan fingerprint density at radius 3 is 2.70 bits per heavy atom. The second kappa shape index (κ2) is 9.60. The van der Waals surface area contributed by atoms with Crippen LogP contribution < -0.4 is 10.6 Å². The summed E-state index contributed by atoms with van der Waals surface area (Å²) < 4.78 is 59.4. The Morgan fingerprint density at radius 2 is 1.97 bits per heavy atom. The second-order valence-electron chi connectivity index (χ2n) is 6.34. The lowest BCUT2D eigenvalue weighted by Gasteiger charge is -2.34. The van der Waals surface area contributed by atoms with E-state index in [1.54, 1.807) is 6.07 Å². The molecule has 2 heterocycles. The number of hydrogen-bond acceptors (Lipinski definition) is 6. The number of amides is 2. The van der Waals surface area contributed by atoms with Crippen molar-refractivity contribution in [2.75, 3.05) is 19.7 Å². The summed E-state index contributed by atoms with van der Waals surface area (Å²) in [7, 11) is -4.43. The molecule has 162 valence electrons. The number of benzene rings is 1. The van der Waals surface area contributed by atoms with Gasteiger partial charge < -0.3 is 15.4 Å². The van der Waals surface area contributed by atoms with Gasteiger partial charge >= 0.3 is 11.8 Å². The zero-order chi connectivity index (χ0) is 21.7. The monoisotopic (exact) mass is 459 g/mol. The number of nitrogens with one attached hydrogen (secondary N) is 2. The molecule has 0 saturated carbocycles. The van der Waals surface area contributed by atoms with Gasteiger partial charge in [-0.15, -0.1) is 11.3 Å². The number of thiophene rings is 1. The van der Waals surface area contributed by atoms with Gasteiger partial charge in [-0.05, 0) is 36.1 Å². The third-order valence-corrected chi connectivity index (χ3v) is 7.06. The van der Waals surface area contributed by atoms with Crippen molar-refractivity contribution in [3.63, 3.8) is 0 Å². The molecule has 0 bridgehead atoms. The molecule has 30 heavy (non-hydrogen) atoms. The van der Waals surface area contributed by atoms with Gasteiger partial charge in [0.15, 0.2) is 0 Å². The van der Waals surface area contributed by atoms with Gasteiger partial charge in [0.25, 0.3) is 0 Å². The van der Waals surface area contributed by atoms with Crippen LogP contribution in [0.3, 0.4) is 0 Å². The fourth-order valence-electron chi connectivity index (χ4n) is 2.82. The first-order valence-corrected chi connectivity index (χ1v) is 11.3. The molecule has 2 N–H and O–H groups in total. The third-order valence-electron chi connectivity index (χ3n) is 4.28. The van der Waals surface area contributed by atoms with E-state index in [1.165, 1.54) is 11.3 Å². The maximum absolute atomic E-state index is 14.0. The topological polar surface area (TPSA) is 105 Å². The second-order valence-corrected chi connectivity index (χ2v) is 9.23. The maximum Gasteiger partial charge on any atom is 0.309 e. The van der Waals surface area contributed by atoms with Crippen LogP contribution in [0.4, 0.5) is 8.78 Å². The van der Waals surface area contributed by atoms with E-state index >= 15 is 0 Å². The summed E-state index contributed by atoms with van der Waals surface area (Å²) in [5.41, 5.74) is 0. The minimum atomic E-state index is -4.43.